The first-order valence-corrected chi connectivity index (χ1v) is 5.53. The van der Waals surface area contributed by atoms with Crippen LogP contribution < -0.4 is 5.32 Å². The summed E-state index contributed by atoms with van der Waals surface area (Å²) in [5, 5.41) is 2.90. The van der Waals surface area contributed by atoms with Gasteiger partial charge in [-0.25, -0.2) is 0 Å². The van der Waals surface area contributed by atoms with Gasteiger partial charge in [-0.3, -0.25) is 4.79 Å². The molecular weight excluding hydrogens is 202 g/mol. The molecule has 1 N–H and O–H groups in total. The van der Waals surface area contributed by atoms with E-state index in [9.17, 15) is 4.79 Å². The Morgan fingerprint density at radius 3 is 2.69 bits per heavy atom. The van der Waals surface area contributed by atoms with Crippen LogP contribution in [-0.2, 0) is 9.53 Å². The zero-order chi connectivity index (χ0) is 12.4. The summed E-state index contributed by atoms with van der Waals surface area (Å²) < 4.78 is 4.78. The van der Waals surface area contributed by atoms with Crippen molar-refractivity contribution in [2.45, 2.75) is 27.2 Å². The molecule has 0 unspecified atom stereocenters. The number of ether oxygens (including phenoxy) is 1. The molecule has 90 valence electrons. The zero-order valence-electron chi connectivity index (χ0n) is 10.4. The fraction of sp³-hybridized carbons (Fsp3) is 0.462. The maximum atomic E-state index is 11.0. The average Bonchev–Trinajstić information content (AvgIpc) is 2.24. The second-order valence-corrected chi connectivity index (χ2v) is 3.38. The molecule has 0 saturated carbocycles. The summed E-state index contributed by atoms with van der Waals surface area (Å²) in [5.41, 5.74) is 1.81. The van der Waals surface area contributed by atoms with E-state index in [4.69, 9.17) is 4.74 Å². The normalized spacial score (nSPS) is 11.6. The molecule has 0 aromatic carbocycles. The molecule has 16 heavy (non-hydrogen) atoms. The molecule has 0 atom stereocenters. The van der Waals surface area contributed by atoms with Gasteiger partial charge in [0.15, 0.2) is 0 Å². The van der Waals surface area contributed by atoms with Crippen LogP contribution in [0.2, 0.25) is 0 Å². The minimum atomic E-state index is -0.265. The highest BCUT2D eigenvalue weighted by molar-refractivity contribution is 5.71. The number of hydrogen-bond acceptors (Lipinski definition) is 3. The predicted molar refractivity (Wildman–Crippen MR) is 67.0 cm³/mol. The van der Waals surface area contributed by atoms with Gasteiger partial charge in [0.1, 0.15) is 6.54 Å². The molecule has 0 aromatic heterocycles. The highest BCUT2D eigenvalue weighted by Gasteiger charge is 1.99. The van der Waals surface area contributed by atoms with Gasteiger partial charge in [0.2, 0.25) is 0 Å². The standard InChI is InChI=1S/C13H21NO2/c1-5-7-8-11(3)9-12(4)14-10-13(15)16-6-2/h7-9,14H,4-6,10H2,1-3H3/b8-7+,11-9+. The van der Waals surface area contributed by atoms with Gasteiger partial charge in [0.05, 0.1) is 6.61 Å². The van der Waals surface area contributed by atoms with E-state index in [1.165, 1.54) is 0 Å². The van der Waals surface area contributed by atoms with E-state index < -0.39 is 0 Å². The van der Waals surface area contributed by atoms with Gasteiger partial charge in [-0.05, 0) is 31.9 Å². The Morgan fingerprint density at radius 1 is 1.44 bits per heavy atom. The van der Waals surface area contributed by atoms with Crippen molar-refractivity contribution in [3.05, 3.63) is 36.1 Å². The number of allylic oxidation sites excluding steroid dienone is 4. The lowest BCUT2D eigenvalue weighted by Crippen LogP contribution is -2.23. The van der Waals surface area contributed by atoms with Gasteiger partial charge in [0.25, 0.3) is 0 Å². The third-order valence-corrected chi connectivity index (χ3v) is 1.78. The maximum absolute atomic E-state index is 11.0. The van der Waals surface area contributed by atoms with Crippen molar-refractivity contribution in [3.63, 3.8) is 0 Å². The smallest absolute Gasteiger partial charge is 0.325 e. The number of hydrogen-bond donors (Lipinski definition) is 1. The fourth-order valence-corrected chi connectivity index (χ4v) is 1.08. The monoisotopic (exact) mass is 223 g/mol. The van der Waals surface area contributed by atoms with Gasteiger partial charge in [0, 0.05) is 5.70 Å². The van der Waals surface area contributed by atoms with E-state index in [-0.39, 0.29) is 12.5 Å². The number of esters is 1. The van der Waals surface area contributed by atoms with Crippen molar-refractivity contribution < 1.29 is 9.53 Å². The van der Waals surface area contributed by atoms with E-state index in [0.29, 0.717) is 12.3 Å². The first-order valence-electron chi connectivity index (χ1n) is 5.53. The third kappa shape index (κ3) is 7.85. The summed E-state index contributed by atoms with van der Waals surface area (Å²) in [6, 6.07) is 0. The van der Waals surface area contributed by atoms with E-state index >= 15 is 0 Å². The summed E-state index contributed by atoms with van der Waals surface area (Å²) >= 11 is 0. The van der Waals surface area contributed by atoms with Crippen molar-refractivity contribution in [3.8, 4) is 0 Å². The lowest BCUT2D eigenvalue weighted by molar-refractivity contribution is -0.141. The van der Waals surface area contributed by atoms with E-state index in [1.807, 2.05) is 19.1 Å². The van der Waals surface area contributed by atoms with Crippen LogP contribution in [0.4, 0.5) is 0 Å². The molecule has 0 heterocycles. The highest BCUT2D eigenvalue weighted by Crippen LogP contribution is 2.00. The van der Waals surface area contributed by atoms with Crippen LogP contribution in [0.25, 0.3) is 0 Å². The quantitative estimate of drug-likeness (QED) is 0.532. The molecule has 0 aliphatic carbocycles. The minimum Gasteiger partial charge on any atom is -0.465 e. The van der Waals surface area contributed by atoms with Crippen LogP contribution in [0.3, 0.4) is 0 Å². The van der Waals surface area contributed by atoms with Gasteiger partial charge in [-0.1, -0.05) is 25.7 Å². The van der Waals surface area contributed by atoms with Gasteiger partial charge < -0.3 is 10.1 Å². The Labute approximate surface area is 97.9 Å². The molecule has 0 fully saturated rings. The maximum Gasteiger partial charge on any atom is 0.325 e. The third-order valence-electron chi connectivity index (χ3n) is 1.78. The summed E-state index contributed by atoms with van der Waals surface area (Å²) in [6.07, 6.45) is 7.00. The fourth-order valence-electron chi connectivity index (χ4n) is 1.08. The Morgan fingerprint density at radius 2 is 2.12 bits per heavy atom. The molecule has 0 saturated heterocycles. The van der Waals surface area contributed by atoms with E-state index in [0.717, 1.165) is 12.0 Å². The van der Waals surface area contributed by atoms with Crippen LogP contribution in [-0.4, -0.2) is 19.1 Å². The Kier molecular flexibility index (Phi) is 7.94. The lowest BCUT2D eigenvalue weighted by atomic mass is 10.2. The molecule has 0 spiro atoms. The summed E-state index contributed by atoms with van der Waals surface area (Å²) in [5.74, 6) is -0.265. The van der Waals surface area contributed by atoms with Gasteiger partial charge in [-0.2, -0.15) is 0 Å². The van der Waals surface area contributed by atoms with Crippen molar-refractivity contribution in [2.75, 3.05) is 13.2 Å². The van der Waals surface area contributed by atoms with E-state index in [1.54, 1.807) is 6.92 Å². The van der Waals surface area contributed by atoms with Crippen LogP contribution in [0, 0.1) is 0 Å². The van der Waals surface area contributed by atoms with Crippen LogP contribution >= 0.6 is 0 Å². The average molecular weight is 223 g/mol. The number of nitrogens with one attached hydrogen (secondary N) is 1. The number of carbonyl (C=O) groups is 1. The molecule has 0 aliphatic heterocycles. The number of rotatable bonds is 7. The zero-order valence-corrected chi connectivity index (χ0v) is 10.4. The summed E-state index contributed by atoms with van der Waals surface area (Å²) in [6.45, 7) is 10.2. The predicted octanol–water partition coefficient (Wildman–Crippen LogP) is 2.57. The molecule has 3 nitrogen and oxygen atoms in total. The Hall–Kier alpha value is -1.51. The minimum absolute atomic E-state index is 0.161. The topological polar surface area (TPSA) is 38.3 Å². The van der Waals surface area contributed by atoms with Crippen molar-refractivity contribution in [1.82, 2.24) is 5.32 Å². The van der Waals surface area contributed by atoms with Crippen molar-refractivity contribution in [1.29, 1.82) is 0 Å². The first kappa shape index (κ1) is 14.5. The molecular formula is C13H21NO2. The molecule has 0 amide bonds. The lowest BCUT2D eigenvalue weighted by Gasteiger charge is -2.05. The SMILES string of the molecule is C=C(/C=C(C)/C=C/CC)NCC(=O)OCC. The highest BCUT2D eigenvalue weighted by atomic mass is 16.5. The van der Waals surface area contributed by atoms with Crippen molar-refractivity contribution in [2.24, 2.45) is 0 Å². The Bertz CT molecular complexity index is 290. The second-order valence-electron chi connectivity index (χ2n) is 3.38. The molecule has 0 aromatic rings. The van der Waals surface area contributed by atoms with Gasteiger partial charge in [-0.15, -0.1) is 0 Å². The molecule has 0 rings (SSSR count). The summed E-state index contributed by atoms with van der Waals surface area (Å²) in [4.78, 5) is 11.0. The van der Waals surface area contributed by atoms with E-state index in [2.05, 4.69) is 24.9 Å². The van der Waals surface area contributed by atoms with Gasteiger partial charge >= 0.3 is 5.97 Å². The largest absolute Gasteiger partial charge is 0.465 e. The molecule has 3 heteroatoms. The van der Waals surface area contributed by atoms with Crippen LogP contribution in [0.1, 0.15) is 27.2 Å². The number of carbonyl (C=O) groups excluding carboxylic acids is 1. The molecule has 0 aliphatic rings. The van der Waals surface area contributed by atoms with Crippen molar-refractivity contribution >= 4 is 5.97 Å². The van der Waals surface area contributed by atoms with Crippen LogP contribution in [0.15, 0.2) is 36.1 Å². The van der Waals surface area contributed by atoms with Crippen LogP contribution in [0.5, 0.6) is 0 Å². The second kappa shape index (κ2) is 8.77. The first-order chi connectivity index (χ1) is 7.60. The molecule has 0 bridgehead atoms. The molecule has 0 radical (unpaired) electrons. The summed E-state index contributed by atoms with van der Waals surface area (Å²) in [7, 11) is 0. The Balaban J connectivity index is 3.98.